The number of fused-ring (bicyclic) bond motifs is 1. The van der Waals surface area contributed by atoms with Crippen LogP contribution in [0.2, 0.25) is 0 Å². The van der Waals surface area contributed by atoms with Crippen molar-refractivity contribution in [2.45, 2.75) is 47.1 Å². The van der Waals surface area contributed by atoms with Crippen LogP contribution in [0.5, 0.6) is 5.88 Å². The number of nitrogens with zero attached hydrogens (tertiary/aromatic N) is 4. The second-order valence-electron chi connectivity index (χ2n) is 8.90. The number of pyridine rings is 1. The molecule has 6 nitrogen and oxygen atoms in total. The van der Waals surface area contributed by atoms with Crippen molar-refractivity contribution in [3.8, 4) is 23.0 Å². The third-order valence-electron chi connectivity index (χ3n) is 6.06. The number of para-hydroxylation sites is 1. The lowest BCUT2D eigenvalue weighted by Crippen LogP contribution is -2.02. The summed E-state index contributed by atoms with van der Waals surface area (Å²) in [4.78, 5) is 9.48. The monoisotopic (exact) mass is 452 g/mol. The highest BCUT2D eigenvalue weighted by atomic mass is 16.5. The number of ether oxygens (including phenoxy) is 1. The Hall–Kier alpha value is -3.93. The molecule has 34 heavy (non-hydrogen) atoms. The van der Waals surface area contributed by atoms with Crippen LogP contribution in [-0.4, -0.2) is 19.7 Å². The Morgan fingerprint density at radius 2 is 1.68 bits per heavy atom. The molecule has 6 heteroatoms. The summed E-state index contributed by atoms with van der Waals surface area (Å²) in [5.74, 6) is 2.36. The van der Waals surface area contributed by atoms with Gasteiger partial charge >= 0.3 is 0 Å². The molecule has 0 bridgehead atoms. The molecule has 0 spiro atoms. The summed E-state index contributed by atoms with van der Waals surface area (Å²) in [5, 5.41) is 5.76. The van der Waals surface area contributed by atoms with E-state index in [1.54, 1.807) is 0 Å². The highest BCUT2D eigenvalue weighted by Gasteiger charge is 2.17. The van der Waals surface area contributed by atoms with Crippen LogP contribution in [0.15, 0.2) is 65.1 Å². The summed E-state index contributed by atoms with van der Waals surface area (Å²) < 4.78 is 13.9. The van der Waals surface area contributed by atoms with Gasteiger partial charge in [-0.05, 0) is 62.1 Å². The van der Waals surface area contributed by atoms with E-state index in [2.05, 4.69) is 50.0 Å². The predicted octanol–water partition coefficient (Wildman–Crippen LogP) is 6.70. The molecule has 0 fully saturated rings. The minimum Gasteiger partial charge on any atom is -0.471 e. The summed E-state index contributed by atoms with van der Waals surface area (Å²) >= 11 is 0. The van der Waals surface area contributed by atoms with Gasteiger partial charge in [-0.2, -0.15) is 10.1 Å². The van der Waals surface area contributed by atoms with Crippen LogP contribution >= 0.6 is 0 Å². The number of hydrogen-bond acceptors (Lipinski definition) is 5. The molecule has 3 aromatic heterocycles. The second-order valence-corrected chi connectivity index (χ2v) is 8.90. The van der Waals surface area contributed by atoms with Crippen LogP contribution in [-0.2, 0) is 6.61 Å². The van der Waals surface area contributed by atoms with Crippen LogP contribution in [0, 0.1) is 20.8 Å². The summed E-state index contributed by atoms with van der Waals surface area (Å²) in [6.45, 7) is 10.6. The Morgan fingerprint density at radius 3 is 2.38 bits per heavy atom. The number of rotatable bonds is 6. The van der Waals surface area contributed by atoms with E-state index < -0.39 is 0 Å². The van der Waals surface area contributed by atoms with E-state index in [4.69, 9.17) is 19.2 Å². The summed E-state index contributed by atoms with van der Waals surface area (Å²) in [7, 11) is 0. The Kier molecular flexibility index (Phi) is 5.65. The van der Waals surface area contributed by atoms with E-state index in [0.29, 0.717) is 17.7 Å². The molecular weight excluding hydrogens is 424 g/mol. The standard InChI is InChI=1S/C28H28N4O2/c1-17(2)21-11-13-22(14-12-21)28-29-24(20(5)34-28)16-33-25-15-18(3)26-19(4)31-32(27(26)30-25)23-9-7-6-8-10-23/h6-15,17H,16H2,1-5H3. The normalized spacial score (nSPS) is 11.5. The van der Waals surface area contributed by atoms with Gasteiger partial charge in [-0.3, -0.25) is 0 Å². The summed E-state index contributed by atoms with van der Waals surface area (Å²) in [6.07, 6.45) is 0. The van der Waals surface area contributed by atoms with Crippen molar-refractivity contribution in [3.05, 3.63) is 88.9 Å². The molecule has 0 atom stereocenters. The van der Waals surface area contributed by atoms with Gasteiger partial charge in [0.15, 0.2) is 5.65 Å². The molecule has 0 amide bonds. The first-order valence-electron chi connectivity index (χ1n) is 11.5. The maximum atomic E-state index is 6.09. The van der Waals surface area contributed by atoms with E-state index in [1.807, 2.05) is 54.9 Å². The Labute approximate surface area is 199 Å². The first-order chi connectivity index (χ1) is 16.4. The molecule has 172 valence electrons. The fourth-order valence-electron chi connectivity index (χ4n) is 4.14. The van der Waals surface area contributed by atoms with Crippen molar-refractivity contribution in [1.82, 2.24) is 19.7 Å². The second kappa shape index (κ2) is 8.78. The van der Waals surface area contributed by atoms with Crippen molar-refractivity contribution >= 4 is 11.0 Å². The SMILES string of the molecule is Cc1oc(-c2ccc(C(C)C)cc2)nc1COc1cc(C)c2c(C)nn(-c3ccccc3)c2n1. The van der Waals surface area contributed by atoms with Crippen LogP contribution in [0.3, 0.4) is 0 Å². The zero-order valence-electron chi connectivity index (χ0n) is 20.2. The molecule has 5 aromatic rings. The molecule has 0 aliphatic rings. The van der Waals surface area contributed by atoms with Gasteiger partial charge in [0.25, 0.3) is 0 Å². The Morgan fingerprint density at radius 1 is 0.941 bits per heavy atom. The number of benzene rings is 2. The molecule has 0 aliphatic heterocycles. The zero-order valence-corrected chi connectivity index (χ0v) is 20.2. The lowest BCUT2D eigenvalue weighted by atomic mass is 10.0. The van der Waals surface area contributed by atoms with E-state index >= 15 is 0 Å². The summed E-state index contributed by atoms with van der Waals surface area (Å²) in [5.41, 5.74) is 6.76. The van der Waals surface area contributed by atoms with Crippen molar-refractivity contribution in [1.29, 1.82) is 0 Å². The van der Waals surface area contributed by atoms with Gasteiger partial charge in [-0.15, -0.1) is 0 Å². The average Bonchev–Trinajstić information content (AvgIpc) is 3.38. The van der Waals surface area contributed by atoms with Gasteiger partial charge in [-0.25, -0.2) is 9.67 Å². The molecule has 0 saturated heterocycles. The topological polar surface area (TPSA) is 66.0 Å². The fourth-order valence-corrected chi connectivity index (χ4v) is 4.14. The average molecular weight is 453 g/mol. The fraction of sp³-hybridized carbons (Fsp3) is 0.250. The first-order valence-corrected chi connectivity index (χ1v) is 11.5. The smallest absolute Gasteiger partial charge is 0.226 e. The number of oxazole rings is 1. The molecule has 2 aromatic carbocycles. The number of aromatic nitrogens is 4. The van der Waals surface area contributed by atoms with Crippen molar-refractivity contribution in [2.24, 2.45) is 0 Å². The van der Waals surface area contributed by atoms with Gasteiger partial charge in [0.05, 0.1) is 11.4 Å². The maximum Gasteiger partial charge on any atom is 0.226 e. The highest BCUT2D eigenvalue weighted by Crippen LogP contribution is 2.28. The third-order valence-corrected chi connectivity index (χ3v) is 6.06. The van der Waals surface area contributed by atoms with Gasteiger partial charge in [-0.1, -0.05) is 44.2 Å². The first kappa shape index (κ1) is 21.9. The molecule has 0 saturated carbocycles. The molecule has 0 radical (unpaired) electrons. The van der Waals surface area contributed by atoms with Gasteiger partial charge in [0, 0.05) is 17.0 Å². The largest absolute Gasteiger partial charge is 0.471 e. The lowest BCUT2D eigenvalue weighted by molar-refractivity contribution is 0.288. The number of aryl methyl sites for hydroxylation is 3. The van der Waals surface area contributed by atoms with Crippen molar-refractivity contribution < 1.29 is 9.15 Å². The molecule has 0 unspecified atom stereocenters. The van der Waals surface area contributed by atoms with E-state index in [1.165, 1.54) is 5.56 Å². The minimum absolute atomic E-state index is 0.274. The quantitative estimate of drug-likeness (QED) is 0.287. The van der Waals surface area contributed by atoms with E-state index in [0.717, 1.165) is 45.0 Å². The zero-order chi connectivity index (χ0) is 23.8. The minimum atomic E-state index is 0.274. The van der Waals surface area contributed by atoms with Gasteiger partial charge in [0.1, 0.15) is 18.1 Å². The van der Waals surface area contributed by atoms with E-state index in [-0.39, 0.29) is 6.61 Å². The Balaban J connectivity index is 1.41. The van der Waals surface area contributed by atoms with Gasteiger partial charge in [0.2, 0.25) is 11.8 Å². The van der Waals surface area contributed by atoms with Crippen LogP contribution < -0.4 is 4.74 Å². The third kappa shape index (κ3) is 4.07. The van der Waals surface area contributed by atoms with Crippen molar-refractivity contribution in [3.63, 3.8) is 0 Å². The summed E-state index contributed by atoms with van der Waals surface area (Å²) in [6, 6.07) is 20.3. The van der Waals surface area contributed by atoms with Crippen molar-refractivity contribution in [2.75, 3.05) is 0 Å². The molecular formula is C28H28N4O2. The molecule has 3 heterocycles. The van der Waals surface area contributed by atoms with Crippen LogP contribution in [0.1, 0.15) is 48.0 Å². The predicted molar refractivity (Wildman–Crippen MR) is 133 cm³/mol. The van der Waals surface area contributed by atoms with E-state index in [9.17, 15) is 0 Å². The molecule has 0 aliphatic carbocycles. The van der Waals surface area contributed by atoms with Crippen LogP contribution in [0.4, 0.5) is 0 Å². The number of hydrogen-bond donors (Lipinski definition) is 0. The Bertz CT molecular complexity index is 1450. The van der Waals surface area contributed by atoms with Crippen LogP contribution in [0.25, 0.3) is 28.2 Å². The molecule has 5 rings (SSSR count). The highest BCUT2D eigenvalue weighted by molar-refractivity contribution is 5.83. The molecule has 0 N–H and O–H groups in total. The maximum absolute atomic E-state index is 6.09. The lowest BCUT2D eigenvalue weighted by Gasteiger charge is -2.08. The van der Waals surface area contributed by atoms with Gasteiger partial charge < -0.3 is 9.15 Å².